The van der Waals surface area contributed by atoms with Crippen LogP contribution in [0.5, 0.6) is 0 Å². The minimum Gasteiger partial charge on any atom is -0.395 e. The van der Waals surface area contributed by atoms with Crippen LogP contribution in [0, 0.1) is 0 Å². The molecule has 5 nitrogen and oxygen atoms in total. The van der Waals surface area contributed by atoms with Gasteiger partial charge in [0.25, 0.3) is 0 Å². The smallest absolute Gasteiger partial charge is 0.0898 e. The number of hydrogen-bond acceptors (Lipinski definition) is 5. The predicted octanol–water partition coefficient (Wildman–Crippen LogP) is -0.895. The summed E-state index contributed by atoms with van der Waals surface area (Å²) in [5.41, 5.74) is -0.270. The number of aliphatic hydroxyl groups is 3. The van der Waals surface area contributed by atoms with E-state index in [1.54, 1.807) is 0 Å². The molecule has 0 spiro atoms. The second-order valence-corrected chi connectivity index (χ2v) is 4.55. The second kappa shape index (κ2) is 7.14. The highest BCUT2D eigenvalue weighted by Gasteiger charge is 2.14. The molecule has 15 heavy (non-hydrogen) atoms. The van der Waals surface area contributed by atoms with E-state index in [9.17, 15) is 5.11 Å². The number of hydrogen-bond donors (Lipinski definition) is 4. The Morgan fingerprint density at radius 2 is 1.73 bits per heavy atom. The Bertz CT molecular complexity index is 154. The van der Waals surface area contributed by atoms with Crippen molar-refractivity contribution in [2.45, 2.75) is 38.5 Å². The van der Waals surface area contributed by atoms with E-state index >= 15 is 0 Å². The Kier molecular flexibility index (Phi) is 7.04. The van der Waals surface area contributed by atoms with Crippen LogP contribution in [0.2, 0.25) is 0 Å². The van der Waals surface area contributed by atoms with Crippen LogP contribution in [0.3, 0.4) is 0 Å². The standard InChI is InChI=1S/C10H23NO4/c1-10(2,3)15-7-9(14)4-11-8(5-12)6-13/h8-9,11-14H,4-7H2,1-3H3. The summed E-state index contributed by atoms with van der Waals surface area (Å²) in [6.07, 6.45) is -0.634. The van der Waals surface area contributed by atoms with Gasteiger partial charge >= 0.3 is 0 Å². The van der Waals surface area contributed by atoms with E-state index in [4.69, 9.17) is 14.9 Å². The lowest BCUT2D eigenvalue weighted by Crippen LogP contribution is -2.42. The summed E-state index contributed by atoms with van der Waals surface area (Å²) in [6.45, 7) is 5.97. The van der Waals surface area contributed by atoms with Gasteiger partial charge in [0.2, 0.25) is 0 Å². The molecule has 1 atom stereocenters. The van der Waals surface area contributed by atoms with Gasteiger partial charge in [-0.25, -0.2) is 0 Å². The molecule has 0 aromatic heterocycles. The predicted molar refractivity (Wildman–Crippen MR) is 57.7 cm³/mol. The second-order valence-electron chi connectivity index (χ2n) is 4.55. The quantitative estimate of drug-likeness (QED) is 0.448. The van der Waals surface area contributed by atoms with Gasteiger partial charge in [-0.2, -0.15) is 0 Å². The third kappa shape index (κ3) is 8.77. The molecule has 0 saturated heterocycles. The molecule has 92 valence electrons. The van der Waals surface area contributed by atoms with Crippen LogP contribution in [0.15, 0.2) is 0 Å². The monoisotopic (exact) mass is 221 g/mol. The summed E-state index contributed by atoms with van der Waals surface area (Å²) in [5.74, 6) is 0. The largest absolute Gasteiger partial charge is 0.395 e. The lowest BCUT2D eigenvalue weighted by atomic mass is 10.2. The van der Waals surface area contributed by atoms with Crippen molar-refractivity contribution in [1.29, 1.82) is 0 Å². The molecule has 0 aliphatic carbocycles. The Balaban J connectivity index is 3.61. The first-order valence-corrected chi connectivity index (χ1v) is 5.16. The summed E-state index contributed by atoms with van der Waals surface area (Å²) in [5, 5.41) is 29.9. The molecule has 0 amide bonds. The van der Waals surface area contributed by atoms with Gasteiger partial charge in [-0.1, -0.05) is 0 Å². The molecule has 0 bridgehead atoms. The Morgan fingerprint density at radius 3 is 2.13 bits per heavy atom. The van der Waals surface area contributed by atoms with Crippen molar-refractivity contribution in [3.8, 4) is 0 Å². The molecule has 0 aliphatic rings. The lowest BCUT2D eigenvalue weighted by molar-refractivity contribution is -0.0490. The van der Waals surface area contributed by atoms with Crippen LogP contribution in [-0.2, 0) is 4.74 Å². The maximum absolute atomic E-state index is 9.50. The first kappa shape index (κ1) is 14.8. The fourth-order valence-corrected chi connectivity index (χ4v) is 0.895. The molecule has 0 saturated carbocycles. The molecule has 0 radical (unpaired) electrons. The highest BCUT2D eigenvalue weighted by Crippen LogP contribution is 2.06. The molecule has 0 fully saturated rings. The highest BCUT2D eigenvalue weighted by atomic mass is 16.5. The van der Waals surface area contributed by atoms with E-state index in [2.05, 4.69) is 5.32 Å². The topological polar surface area (TPSA) is 82.0 Å². The molecular weight excluding hydrogens is 198 g/mol. The van der Waals surface area contributed by atoms with E-state index in [-0.39, 0.29) is 31.5 Å². The van der Waals surface area contributed by atoms with Gasteiger partial charge < -0.3 is 25.4 Å². The summed E-state index contributed by atoms with van der Waals surface area (Å²) in [7, 11) is 0. The average Bonchev–Trinajstić information content (AvgIpc) is 2.15. The molecule has 5 heteroatoms. The molecule has 0 rings (SSSR count). The summed E-state index contributed by atoms with van der Waals surface area (Å²) >= 11 is 0. The third-order valence-electron chi connectivity index (χ3n) is 1.79. The van der Waals surface area contributed by atoms with Gasteiger partial charge in [-0.3, -0.25) is 0 Å². The average molecular weight is 221 g/mol. The molecular formula is C10H23NO4. The van der Waals surface area contributed by atoms with Crippen molar-refractivity contribution in [3.05, 3.63) is 0 Å². The van der Waals surface area contributed by atoms with E-state index in [0.29, 0.717) is 6.54 Å². The first-order valence-electron chi connectivity index (χ1n) is 5.16. The SMILES string of the molecule is CC(C)(C)OCC(O)CNC(CO)CO. The van der Waals surface area contributed by atoms with Crippen molar-refractivity contribution >= 4 is 0 Å². The van der Waals surface area contributed by atoms with Crippen LogP contribution < -0.4 is 5.32 Å². The zero-order valence-electron chi connectivity index (χ0n) is 9.73. The zero-order chi connectivity index (χ0) is 11.9. The van der Waals surface area contributed by atoms with Crippen molar-refractivity contribution in [1.82, 2.24) is 5.32 Å². The van der Waals surface area contributed by atoms with Crippen LogP contribution >= 0.6 is 0 Å². The fraction of sp³-hybridized carbons (Fsp3) is 1.00. The van der Waals surface area contributed by atoms with E-state index < -0.39 is 6.10 Å². The van der Waals surface area contributed by atoms with Gasteiger partial charge in [-0.15, -0.1) is 0 Å². The maximum Gasteiger partial charge on any atom is 0.0898 e. The number of rotatable bonds is 7. The van der Waals surface area contributed by atoms with Gasteiger partial charge in [0.1, 0.15) is 0 Å². The summed E-state index contributed by atoms with van der Waals surface area (Å²) in [4.78, 5) is 0. The number of aliphatic hydroxyl groups excluding tert-OH is 3. The van der Waals surface area contributed by atoms with Crippen LogP contribution in [0.1, 0.15) is 20.8 Å². The van der Waals surface area contributed by atoms with Crippen LogP contribution in [0.25, 0.3) is 0 Å². The van der Waals surface area contributed by atoms with Gasteiger partial charge in [-0.05, 0) is 20.8 Å². The molecule has 4 N–H and O–H groups in total. The Labute approximate surface area is 91.1 Å². The minimum absolute atomic E-state index is 0.149. The Hall–Kier alpha value is -0.200. The normalized spacial score (nSPS) is 14.6. The molecule has 0 aliphatic heterocycles. The van der Waals surface area contributed by atoms with Crippen molar-refractivity contribution in [2.24, 2.45) is 0 Å². The molecule has 0 heterocycles. The summed E-state index contributed by atoms with van der Waals surface area (Å²) in [6, 6.07) is -0.380. The minimum atomic E-state index is -0.634. The van der Waals surface area contributed by atoms with Crippen LogP contribution in [0.4, 0.5) is 0 Å². The van der Waals surface area contributed by atoms with Crippen molar-refractivity contribution in [2.75, 3.05) is 26.4 Å². The molecule has 0 aromatic rings. The maximum atomic E-state index is 9.50. The Morgan fingerprint density at radius 1 is 1.20 bits per heavy atom. The lowest BCUT2D eigenvalue weighted by Gasteiger charge is -2.23. The summed E-state index contributed by atoms with van der Waals surface area (Å²) < 4.78 is 5.38. The van der Waals surface area contributed by atoms with Gasteiger partial charge in [0.15, 0.2) is 0 Å². The van der Waals surface area contributed by atoms with Crippen molar-refractivity contribution < 1.29 is 20.1 Å². The van der Waals surface area contributed by atoms with Crippen LogP contribution in [-0.4, -0.2) is 59.4 Å². The third-order valence-corrected chi connectivity index (χ3v) is 1.79. The molecule has 0 aromatic carbocycles. The van der Waals surface area contributed by atoms with Gasteiger partial charge in [0.05, 0.1) is 37.6 Å². The zero-order valence-corrected chi connectivity index (χ0v) is 9.73. The first-order chi connectivity index (χ1) is 6.89. The fourth-order valence-electron chi connectivity index (χ4n) is 0.895. The van der Waals surface area contributed by atoms with E-state index in [1.807, 2.05) is 20.8 Å². The van der Waals surface area contributed by atoms with E-state index in [0.717, 1.165) is 0 Å². The molecule has 1 unspecified atom stereocenters. The van der Waals surface area contributed by atoms with E-state index in [1.165, 1.54) is 0 Å². The number of nitrogens with one attached hydrogen (secondary N) is 1. The van der Waals surface area contributed by atoms with Gasteiger partial charge in [0, 0.05) is 6.54 Å². The number of ether oxygens (including phenoxy) is 1. The van der Waals surface area contributed by atoms with Crippen molar-refractivity contribution in [3.63, 3.8) is 0 Å². The highest BCUT2D eigenvalue weighted by molar-refractivity contribution is 4.68.